The van der Waals surface area contributed by atoms with Crippen LogP contribution in [0.25, 0.3) is 28.0 Å². The van der Waals surface area contributed by atoms with Gasteiger partial charge in [-0.05, 0) is 35.7 Å². The lowest BCUT2D eigenvalue weighted by atomic mass is 10.0. The van der Waals surface area contributed by atoms with Gasteiger partial charge in [-0.2, -0.15) is 9.61 Å². The number of aromatic nitrogens is 3. The van der Waals surface area contributed by atoms with Crippen LogP contribution in [-0.2, 0) is 6.54 Å². The second kappa shape index (κ2) is 9.94. The highest BCUT2D eigenvalue weighted by atomic mass is 35.5. The lowest BCUT2D eigenvalue weighted by Gasteiger charge is -2.17. The molecule has 1 aliphatic heterocycles. The lowest BCUT2D eigenvalue weighted by Crippen LogP contribution is -2.25. The van der Waals surface area contributed by atoms with E-state index in [2.05, 4.69) is 29.2 Å². The number of rotatable bonds is 6. The van der Waals surface area contributed by atoms with Crippen molar-refractivity contribution in [3.63, 3.8) is 0 Å². The topological polar surface area (TPSA) is 42.7 Å². The highest BCUT2D eigenvalue weighted by molar-refractivity contribution is 6.33. The molecule has 0 saturated carbocycles. The van der Waals surface area contributed by atoms with E-state index in [9.17, 15) is 0 Å². The molecule has 0 spiro atoms. The van der Waals surface area contributed by atoms with Gasteiger partial charge in [-0.1, -0.05) is 83.9 Å². The predicted molar refractivity (Wildman–Crippen MR) is 145 cm³/mol. The first-order chi connectivity index (χ1) is 17.7. The third-order valence-electron chi connectivity index (χ3n) is 6.51. The molecular weight excluding hydrogens is 491 g/mol. The Morgan fingerprint density at radius 1 is 0.889 bits per heavy atom. The fraction of sp³-hybridized carbons (Fsp3) is 0.172. The zero-order chi connectivity index (χ0) is 24.5. The van der Waals surface area contributed by atoms with Gasteiger partial charge in [-0.3, -0.25) is 4.90 Å². The van der Waals surface area contributed by atoms with Crippen molar-refractivity contribution in [2.24, 2.45) is 0 Å². The molecule has 3 aromatic carbocycles. The van der Waals surface area contributed by atoms with Crippen LogP contribution >= 0.6 is 23.2 Å². The molecule has 1 atom stereocenters. The summed E-state index contributed by atoms with van der Waals surface area (Å²) < 4.78 is 8.30. The Morgan fingerprint density at radius 3 is 2.47 bits per heavy atom. The van der Waals surface area contributed by atoms with Crippen molar-refractivity contribution in [3.8, 4) is 28.3 Å². The minimum Gasteiger partial charge on any atom is -0.473 e. The number of ether oxygens (including phenoxy) is 1. The van der Waals surface area contributed by atoms with E-state index in [1.54, 1.807) is 10.7 Å². The van der Waals surface area contributed by atoms with Gasteiger partial charge in [-0.25, -0.2) is 4.98 Å². The summed E-state index contributed by atoms with van der Waals surface area (Å²) in [6.45, 7) is 2.78. The van der Waals surface area contributed by atoms with E-state index in [4.69, 9.17) is 38.0 Å². The smallest absolute Gasteiger partial charge is 0.218 e. The molecule has 1 saturated heterocycles. The molecule has 3 heterocycles. The molecule has 5 nitrogen and oxygen atoms in total. The van der Waals surface area contributed by atoms with Crippen LogP contribution in [-0.4, -0.2) is 38.7 Å². The Kier molecular flexibility index (Phi) is 6.36. The Morgan fingerprint density at radius 2 is 1.67 bits per heavy atom. The van der Waals surface area contributed by atoms with Crippen molar-refractivity contribution in [2.45, 2.75) is 19.1 Å². The highest BCUT2D eigenvalue weighted by Gasteiger charge is 2.26. The van der Waals surface area contributed by atoms with E-state index < -0.39 is 0 Å². The van der Waals surface area contributed by atoms with Gasteiger partial charge in [0.2, 0.25) is 5.88 Å². The minimum atomic E-state index is 0.0752. The number of fused-ring (bicyclic) bond motifs is 1. The quantitative estimate of drug-likeness (QED) is 0.244. The first-order valence-corrected chi connectivity index (χ1v) is 12.7. The van der Waals surface area contributed by atoms with Crippen LogP contribution in [0.15, 0.2) is 91.1 Å². The van der Waals surface area contributed by atoms with Crippen molar-refractivity contribution in [1.29, 1.82) is 0 Å². The molecule has 36 heavy (non-hydrogen) atoms. The fourth-order valence-corrected chi connectivity index (χ4v) is 5.14. The van der Waals surface area contributed by atoms with Gasteiger partial charge in [0.1, 0.15) is 11.8 Å². The molecule has 0 N–H and O–H groups in total. The van der Waals surface area contributed by atoms with E-state index >= 15 is 0 Å². The largest absolute Gasteiger partial charge is 0.473 e. The summed E-state index contributed by atoms with van der Waals surface area (Å²) in [5, 5.41) is 6.27. The fourth-order valence-electron chi connectivity index (χ4n) is 4.79. The molecule has 1 fully saturated rings. The monoisotopic (exact) mass is 514 g/mol. The molecule has 1 unspecified atom stereocenters. The standard InChI is InChI=1S/C29H24Cl2N4O/c30-22-12-10-21(11-13-22)27-28(24-8-4-5-9-25(24)31)33-35-26(14-16-32-29(27)35)36-23-15-17-34(19-23)18-20-6-2-1-3-7-20/h1-14,16,23H,15,17-19H2. The number of hydrogen-bond acceptors (Lipinski definition) is 4. The van der Waals surface area contributed by atoms with Gasteiger partial charge >= 0.3 is 0 Å². The maximum absolute atomic E-state index is 6.60. The molecule has 2 aromatic heterocycles. The third kappa shape index (κ3) is 4.58. The first-order valence-electron chi connectivity index (χ1n) is 12.0. The molecule has 1 aliphatic rings. The Hall–Kier alpha value is -3.38. The molecule has 0 bridgehead atoms. The zero-order valence-electron chi connectivity index (χ0n) is 19.5. The number of halogens is 2. The second-order valence-electron chi connectivity index (χ2n) is 8.98. The van der Waals surface area contributed by atoms with Gasteiger partial charge in [-0.15, -0.1) is 0 Å². The summed E-state index contributed by atoms with van der Waals surface area (Å²) in [6.07, 6.45) is 2.81. The van der Waals surface area contributed by atoms with Crippen LogP contribution < -0.4 is 4.74 Å². The number of likely N-dealkylation sites (tertiary alicyclic amines) is 1. The molecule has 6 rings (SSSR count). The molecule has 0 aliphatic carbocycles. The van der Waals surface area contributed by atoms with Crippen LogP contribution in [0.2, 0.25) is 10.0 Å². The lowest BCUT2D eigenvalue weighted by molar-refractivity contribution is 0.187. The Bertz CT molecular complexity index is 1500. The second-order valence-corrected chi connectivity index (χ2v) is 9.82. The van der Waals surface area contributed by atoms with E-state index in [0.29, 0.717) is 21.6 Å². The molecule has 180 valence electrons. The summed E-state index contributed by atoms with van der Waals surface area (Å²) in [4.78, 5) is 7.12. The van der Waals surface area contributed by atoms with E-state index in [1.807, 2.05) is 60.7 Å². The van der Waals surface area contributed by atoms with Crippen molar-refractivity contribution in [1.82, 2.24) is 19.5 Å². The number of benzene rings is 3. The van der Waals surface area contributed by atoms with Crippen LogP contribution in [0.5, 0.6) is 5.88 Å². The SMILES string of the molecule is Clc1ccc(-c2c(-c3ccccc3Cl)nn3c(OC4CCN(Cc5ccccc5)C4)ccnc23)cc1. The molecule has 0 amide bonds. The Labute approximate surface area is 219 Å². The minimum absolute atomic E-state index is 0.0752. The summed E-state index contributed by atoms with van der Waals surface area (Å²) >= 11 is 12.8. The van der Waals surface area contributed by atoms with Crippen LogP contribution in [0.3, 0.4) is 0 Å². The maximum atomic E-state index is 6.60. The average molecular weight is 515 g/mol. The molecular formula is C29H24Cl2N4O. The van der Waals surface area contributed by atoms with Crippen molar-refractivity contribution < 1.29 is 4.74 Å². The van der Waals surface area contributed by atoms with Crippen LogP contribution in [0, 0.1) is 0 Å². The summed E-state index contributed by atoms with van der Waals surface area (Å²) in [6, 6.07) is 27.8. The van der Waals surface area contributed by atoms with Gasteiger partial charge in [0.25, 0.3) is 0 Å². The van der Waals surface area contributed by atoms with Crippen LogP contribution in [0.1, 0.15) is 12.0 Å². The Balaban J connectivity index is 1.36. The van der Waals surface area contributed by atoms with Crippen molar-refractivity contribution in [2.75, 3.05) is 13.1 Å². The van der Waals surface area contributed by atoms with Gasteiger partial charge in [0, 0.05) is 42.5 Å². The number of nitrogens with zero attached hydrogens (tertiary/aromatic N) is 4. The number of hydrogen-bond donors (Lipinski definition) is 0. The zero-order valence-corrected chi connectivity index (χ0v) is 21.0. The highest BCUT2D eigenvalue weighted by Crippen LogP contribution is 2.39. The van der Waals surface area contributed by atoms with Crippen LogP contribution in [0.4, 0.5) is 0 Å². The summed E-state index contributed by atoms with van der Waals surface area (Å²) in [5.41, 5.74) is 5.47. The maximum Gasteiger partial charge on any atom is 0.218 e. The van der Waals surface area contributed by atoms with Gasteiger partial charge in [0.15, 0.2) is 5.65 Å². The normalized spacial score (nSPS) is 16.0. The molecule has 0 radical (unpaired) electrons. The molecule has 5 aromatic rings. The van der Waals surface area contributed by atoms with E-state index in [1.165, 1.54) is 5.56 Å². The molecule has 7 heteroatoms. The van der Waals surface area contributed by atoms with Crippen molar-refractivity contribution >= 4 is 28.8 Å². The van der Waals surface area contributed by atoms with Gasteiger partial charge in [0.05, 0.1) is 10.6 Å². The predicted octanol–water partition coefficient (Wildman–Crippen LogP) is 7.02. The van der Waals surface area contributed by atoms with Gasteiger partial charge < -0.3 is 4.74 Å². The first kappa shape index (κ1) is 23.0. The van der Waals surface area contributed by atoms with E-state index in [0.717, 1.165) is 48.4 Å². The average Bonchev–Trinajstić information content (AvgIpc) is 3.50. The van der Waals surface area contributed by atoms with Crippen molar-refractivity contribution in [3.05, 3.63) is 107 Å². The summed E-state index contributed by atoms with van der Waals surface area (Å²) in [5.74, 6) is 0.667. The van der Waals surface area contributed by atoms with E-state index in [-0.39, 0.29) is 6.10 Å². The third-order valence-corrected chi connectivity index (χ3v) is 7.09. The summed E-state index contributed by atoms with van der Waals surface area (Å²) in [7, 11) is 0.